The van der Waals surface area contributed by atoms with Gasteiger partial charge in [-0.3, -0.25) is 0 Å². The minimum atomic E-state index is 0.983. The molecule has 0 heterocycles. The summed E-state index contributed by atoms with van der Waals surface area (Å²) >= 11 is 0. The minimum Gasteiger partial charge on any atom is -0.193 e. The van der Waals surface area contributed by atoms with Crippen LogP contribution in [0.1, 0.15) is 65.2 Å². The van der Waals surface area contributed by atoms with Gasteiger partial charge in [-0.15, -0.1) is 0 Å². The highest BCUT2D eigenvalue weighted by Gasteiger charge is 1.94. The van der Waals surface area contributed by atoms with Crippen molar-refractivity contribution in [3.63, 3.8) is 0 Å². The van der Waals surface area contributed by atoms with Gasteiger partial charge >= 0.3 is 0 Å². The Kier molecular flexibility index (Phi) is 9.74. The Morgan fingerprint density at radius 2 is 1.71 bits per heavy atom. The first-order chi connectivity index (χ1) is 6.85. The second-order valence-corrected chi connectivity index (χ2v) is 3.79. The molecule has 0 aromatic rings. The van der Waals surface area contributed by atoms with Crippen LogP contribution in [-0.2, 0) is 0 Å². The van der Waals surface area contributed by atoms with E-state index in [2.05, 4.69) is 26.0 Å². The van der Waals surface area contributed by atoms with Crippen molar-refractivity contribution in [2.45, 2.75) is 65.2 Å². The van der Waals surface area contributed by atoms with Gasteiger partial charge < -0.3 is 0 Å². The van der Waals surface area contributed by atoms with Crippen LogP contribution in [0, 0.1) is 11.3 Å². The molecule has 0 saturated heterocycles. The Morgan fingerprint density at radius 3 is 2.29 bits per heavy atom. The molecule has 80 valence electrons. The molecule has 1 heteroatoms. The summed E-state index contributed by atoms with van der Waals surface area (Å²) in [5, 5.41) is 8.86. The molecular formula is C13H23N. The molecule has 0 spiro atoms. The van der Waals surface area contributed by atoms with E-state index in [9.17, 15) is 0 Å². The van der Waals surface area contributed by atoms with Gasteiger partial charge in [0.1, 0.15) is 0 Å². The lowest BCUT2D eigenvalue weighted by molar-refractivity contribution is 0.707. The van der Waals surface area contributed by atoms with Gasteiger partial charge in [0, 0.05) is 5.57 Å². The molecule has 0 fully saturated rings. The molecular weight excluding hydrogens is 170 g/mol. The topological polar surface area (TPSA) is 23.8 Å². The summed E-state index contributed by atoms with van der Waals surface area (Å²) in [6.45, 7) is 4.40. The van der Waals surface area contributed by atoms with Crippen molar-refractivity contribution in [2.75, 3.05) is 0 Å². The Morgan fingerprint density at radius 1 is 1.07 bits per heavy atom. The van der Waals surface area contributed by atoms with E-state index in [1.807, 2.05) is 0 Å². The molecule has 14 heavy (non-hydrogen) atoms. The van der Waals surface area contributed by atoms with E-state index in [1.54, 1.807) is 0 Å². The van der Waals surface area contributed by atoms with Crippen LogP contribution < -0.4 is 0 Å². The van der Waals surface area contributed by atoms with Crippen LogP contribution in [0.15, 0.2) is 11.6 Å². The molecule has 0 amide bonds. The predicted octanol–water partition coefficient (Wildman–Crippen LogP) is 4.60. The van der Waals surface area contributed by atoms with Crippen molar-refractivity contribution in [3.05, 3.63) is 11.6 Å². The van der Waals surface area contributed by atoms with Gasteiger partial charge in [0.15, 0.2) is 0 Å². The molecule has 0 N–H and O–H groups in total. The van der Waals surface area contributed by atoms with Crippen LogP contribution in [0.4, 0.5) is 0 Å². The van der Waals surface area contributed by atoms with Crippen LogP contribution in [0.3, 0.4) is 0 Å². The summed E-state index contributed by atoms with van der Waals surface area (Å²) in [6.07, 6.45) is 11.6. The van der Waals surface area contributed by atoms with Gasteiger partial charge in [-0.2, -0.15) is 5.26 Å². The summed E-state index contributed by atoms with van der Waals surface area (Å²) in [4.78, 5) is 0. The fourth-order valence-corrected chi connectivity index (χ4v) is 1.44. The molecule has 0 aromatic heterocycles. The summed E-state index contributed by atoms with van der Waals surface area (Å²) in [5.74, 6) is 0. The van der Waals surface area contributed by atoms with Gasteiger partial charge in [0.2, 0.25) is 0 Å². The molecule has 0 aliphatic rings. The number of nitriles is 1. The lowest BCUT2D eigenvalue weighted by Gasteiger charge is -1.98. The van der Waals surface area contributed by atoms with Crippen molar-refractivity contribution >= 4 is 0 Å². The third kappa shape index (κ3) is 7.86. The number of rotatable bonds is 8. The molecule has 0 aliphatic carbocycles. The zero-order valence-electron chi connectivity index (χ0n) is 9.68. The Hall–Kier alpha value is -0.770. The van der Waals surface area contributed by atoms with Crippen LogP contribution in [0.5, 0.6) is 0 Å². The number of hydrogen-bond acceptors (Lipinski definition) is 1. The number of allylic oxidation sites excluding steroid dienone is 2. The second kappa shape index (κ2) is 10.3. The fraction of sp³-hybridized carbons (Fsp3) is 0.769. The average Bonchev–Trinajstić information content (AvgIpc) is 2.22. The highest BCUT2D eigenvalue weighted by Crippen LogP contribution is 2.10. The van der Waals surface area contributed by atoms with Crippen LogP contribution in [-0.4, -0.2) is 0 Å². The molecule has 0 bridgehead atoms. The van der Waals surface area contributed by atoms with Gasteiger partial charge in [-0.1, -0.05) is 45.6 Å². The quantitative estimate of drug-likeness (QED) is 0.408. The monoisotopic (exact) mass is 193 g/mol. The van der Waals surface area contributed by atoms with E-state index >= 15 is 0 Å². The Balaban J connectivity index is 3.60. The third-order valence-corrected chi connectivity index (χ3v) is 2.39. The molecule has 0 unspecified atom stereocenters. The maximum absolute atomic E-state index is 8.86. The van der Waals surface area contributed by atoms with Gasteiger partial charge in [0.25, 0.3) is 0 Å². The van der Waals surface area contributed by atoms with Crippen molar-refractivity contribution < 1.29 is 0 Å². The molecule has 0 atom stereocenters. The maximum atomic E-state index is 8.86. The van der Waals surface area contributed by atoms with Crippen molar-refractivity contribution in [1.82, 2.24) is 0 Å². The van der Waals surface area contributed by atoms with E-state index in [0.29, 0.717) is 0 Å². The first kappa shape index (κ1) is 13.2. The van der Waals surface area contributed by atoms with Crippen LogP contribution in [0.25, 0.3) is 0 Å². The third-order valence-electron chi connectivity index (χ3n) is 2.39. The van der Waals surface area contributed by atoms with Crippen LogP contribution in [0.2, 0.25) is 0 Å². The second-order valence-electron chi connectivity index (χ2n) is 3.79. The van der Waals surface area contributed by atoms with Gasteiger partial charge in [-0.05, 0) is 25.7 Å². The summed E-state index contributed by atoms with van der Waals surface area (Å²) in [7, 11) is 0. The van der Waals surface area contributed by atoms with Crippen molar-refractivity contribution in [2.24, 2.45) is 0 Å². The highest BCUT2D eigenvalue weighted by atomic mass is 14.2. The normalized spacial score (nSPS) is 11.4. The first-order valence-electron chi connectivity index (χ1n) is 5.94. The SMILES string of the molecule is CCCCCC=C(C#N)CCCCC. The zero-order valence-corrected chi connectivity index (χ0v) is 9.68. The number of unbranched alkanes of at least 4 members (excludes halogenated alkanes) is 5. The minimum absolute atomic E-state index is 0.983. The standard InChI is InChI=1S/C13H23N/c1-3-5-7-9-11-13(12-14)10-8-6-4-2/h11H,3-10H2,1-2H3. The van der Waals surface area contributed by atoms with Crippen molar-refractivity contribution in [3.8, 4) is 6.07 Å². The lowest BCUT2D eigenvalue weighted by Crippen LogP contribution is -1.82. The lowest BCUT2D eigenvalue weighted by atomic mass is 10.1. The van der Waals surface area contributed by atoms with Gasteiger partial charge in [-0.25, -0.2) is 0 Å². The number of nitrogens with zero attached hydrogens (tertiary/aromatic N) is 1. The largest absolute Gasteiger partial charge is 0.193 e. The molecule has 0 saturated carbocycles. The van der Waals surface area contributed by atoms with E-state index in [1.165, 1.54) is 38.5 Å². The van der Waals surface area contributed by atoms with E-state index in [4.69, 9.17) is 5.26 Å². The van der Waals surface area contributed by atoms with Crippen molar-refractivity contribution in [1.29, 1.82) is 5.26 Å². The van der Waals surface area contributed by atoms with E-state index in [0.717, 1.165) is 18.4 Å². The van der Waals surface area contributed by atoms with Crippen LogP contribution >= 0.6 is 0 Å². The highest BCUT2D eigenvalue weighted by molar-refractivity contribution is 5.20. The first-order valence-corrected chi connectivity index (χ1v) is 5.94. The zero-order chi connectivity index (χ0) is 10.6. The average molecular weight is 193 g/mol. The van der Waals surface area contributed by atoms with E-state index in [-0.39, 0.29) is 0 Å². The Labute approximate surface area is 88.8 Å². The molecule has 0 radical (unpaired) electrons. The predicted molar refractivity (Wildman–Crippen MR) is 62.0 cm³/mol. The summed E-state index contributed by atoms with van der Waals surface area (Å²) in [5.41, 5.74) is 0.995. The van der Waals surface area contributed by atoms with E-state index < -0.39 is 0 Å². The summed E-state index contributed by atoms with van der Waals surface area (Å²) in [6, 6.07) is 2.30. The Bertz CT molecular complexity index is 186. The molecule has 0 rings (SSSR count). The molecule has 0 aromatic carbocycles. The molecule has 1 nitrogen and oxygen atoms in total. The molecule has 0 aliphatic heterocycles. The summed E-state index contributed by atoms with van der Waals surface area (Å²) < 4.78 is 0. The maximum Gasteiger partial charge on any atom is 0.0943 e. The number of hydrogen-bond donors (Lipinski definition) is 0. The fourth-order valence-electron chi connectivity index (χ4n) is 1.44. The van der Waals surface area contributed by atoms with Gasteiger partial charge in [0.05, 0.1) is 6.07 Å². The smallest absolute Gasteiger partial charge is 0.0943 e.